The highest BCUT2D eigenvalue weighted by Gasteiger charge is 2.24. The lowest BCUT2D eigenvalue weighted by atomic mass is 9.98. The Labute approximate surface area is 145 Å². The van der Waals surface area contributed by atoms with Crippen molar-refractivity contribution in [2.24, 2.45) is 0 Å². The molecule has 3 heterocycles. The Morgan fingerprint density at radius 3 is 2.71 bits per heavy atom. The number of likely N-dealkylation sites (tertiary alicyclic amines) is 1. The third-order valence-electron chi connectivity index (χ3n) is 5.49. The molecule has 1 aromatic heterocycles. The van der Waals surface area contributed by atoms with Crippen LogP contribution >= 0.6 is 0 Å². The molecule has 0 aliphatic carbocycles. The van der Waals surface area contributed by atoms with E-state index in [4.69, 9.17) is 0 Å². The van der Waals surface area contributed by atoms with E-state index in [9.17, 15) is 4.79 Å². The first kappa shape index (κ1) is 17.2. The molecule has 2 fully saturated rings. The third-order valence-corrected chi connectivity index (χ3v) is 5.49. The van der Waals surface area contributed by atoms with Crippen LogP contribution in [0, 0.1) is 6.92 Å². The second kappa shape index (κ2) is 7.97. The summed E-state index contributed by atoms with van der Waals surface area (Å²) in [6.07, 6.45) is 7.44. The molecule has 3 rings (SSSR count). The Hall–Kier alpha value is -1.62. The fraction of sp³-hybridized carbons (Fsp3) is 0.684. The minimum atomic E-state index is 0.333. The molecule has 24 heavy (non-hydrogen) atoms. The van der Waals surface area contributed by atoms with E-state index >= 15 is 0 Å². The van der Waals surface area contributed by atoms with Crippen LogP contribution in [0.3, 0.4) is 0 Å². The highest BCUT2D eigenvalue weighted by Crippen LogP contribution is 2.20. The number of rotatable bonds is 4. The lowest BCUT2D eigenvalue weighted by Gasteiger charge is -2.37. The number of pyridine rings is 1. The maximum Gasteiger partial charge on any atom is 0.222 e. The summed E-state index contributed by atoms with van der Waals surface area (Å²) in [6, 6.07) is 4.78. The number of nitrogens with zero attached hydrogens (tertiary/aromatic N) is 4. The van der Waals surface area contributed by atoms with E-state index in [1.54, 1.807) is 0 Å². The zero-order valence-corrected chi connectivity index (χ0v) is 15.1. The minimum Gasteiger partial charge on any atom is -0.368 e. The Balaban J connectivity index is 1.45. The predicted octanol–water partition coefficient (Wildman–Crippen LogP) is 2.30. The Bertz CT molecular complexity index is 554. The molecule has 5 heteroatoms. The maximum atomic E-state index is 12.5. The van der Waals surface area contributed by atoms with Crippen molar-refractivity contribution >= 4 is 11.6 Å². The van der Waals surface area contributed by atoms with Gasteiger partial charge in [0.15, 0.2) is 0 Å². The lowest BCUT2D eigenvalue weighted by molar-refractivity contribution is -0.131. The summed E-state index contributed by atoms with van der Waals surface area (Å²) in [7, 11) is 2.20. The van der Waals surface area contributed by atoms with Gasteiger partial charge in [0.05, 0.1) is 0 Å². The summed E-state index contributed by atoms with van der Waals surface area (Å²) >= 11 is 0. The Kier molecular flexibility index (Phi) is 5.72. The van der Waals surface area contributed by atoms with E-state index < -0.39 is 0 Å². The van der Waals surface area contributed by atoms with Gasteiger partial charge in [0.2, 0.25) is 5.91 Å². The van der Waals surface area contributed by atoms with E-state index in [0.717, 1.165) is 38.3 Å². The first-order valence-corrected chi connectivity index (χ1v) is 9.29. The van der Waals surface area contributed by atoms with Gasteiger partial charge in [-0.3, -0.25) is 9.78 Å². The number of piperazine rings is 1. The maximum absolute atomic E-state index is 12.5. The number of carbonyl (C=O) groups is 1. The molecular formula is C19H30N4O. The van der Waals surface area contributed by atoms with Crippen LogP contribution in [0.1, 0.15) is 37.8 Å². The summed E-state index contributed by atoms with van der Waals surface area (Å²) in [5, 5.41) is 0. The van der Waals surface area contributed by atoms with Crippen molar-refractivity contribution < 1.29 is 4.79 Å². The number of hydrogen-bond acceptors (Lipinski definition) is 4. The average molecular weight is 330 g/mol. The van der Waals surface area contributed by atoms with Crippen LogP contribution in [0.4, 0.5) is 5.69 Å². The molecule has 0 aromatic carbocycles. The molecule has 0 bridgehead atoms. The van der Waals surface area contributed by atoms with Crippen molar-refractivity contribution in [1.29, 1.82) is 0 Å². The van der Waals surface area contributed by atoms with Gasteiger partial charge in [-0.25, -0.2) is 0 Å². The van der Waals surface area contributed by atoms with E-state index in [-0.39, 0.29) is 0 Å². The fourth-order valence-corrected chi connectivity index (χ4v) is 3.90. The van der Waals surface area contributed by atoms with Crippen LogP contribution in [-0.2, 0) is 4.79 Å². The second-order valence-corrected chi connectivity index (χ2v) is 7.19. The molecule has 1 amide bonds. The summed E-state index contributed by atoms with van der Waals surface area (Å²) < 4.78 is 0. The monoisotopic (exact) mass is 330 g/mol. The molecule has 2 aliphatic heterocycles. The van der Waals surface area contributed by atoms with Crippen molar-refractivity contribution in [3.8, 4) is 0 Å². The number of aromatic nitrogens is 1. The standard InChI is InChI=1S/C19H30N4O/c1-16-15-18(8-9-20-16)22-11-13-23(14-12-22)19(24)7-6-17-5-3-4-10-21(17)2/h8-9,15,17H,3-7,10-14H2,1-2H3/t17-/m0/s1. The largest absolute Gasteiger partial charge is 0.368 e. The molecule has 0 radical (unpaired) electrons. The van der Waals surface area contributed by atoms with Gasteiger partial charge in [-0.05, 0) is 51.9 Å². The summed E-state index contributed by atoms with van der Waals surface area (Å²) in [5.74, 6) is 0.333. The molecular weight excluding hydrogens is 300 g/mol. The van der Waals surface area contributed by atoms with Gasteiger partial charge in [0, 0.05) is 56.2 Å². The van der Waals surface area contributed by atoms with Crippen molar-refractivity contribution in [2.45, 2.75) is 45.1 Å². The van der Waals surface area contributed by atoms with Crippen LogP contribution < -0.4 is 4.90 Å². The van der Waals surface area contributed by atoms with E-state index in [1.807, 2.05) is 18.0 Å². The zero-order chi connectivity index (χ0) is 16.9. The summed E-state index contributed by atoms with van der Waals surface area (Å²) in [5.41, 5.74) is 2.26. The smallest absolute Gasteiger partial charge is 0.222 e. The van der Waals surface area contributed by atoms with Gasteiger partial charge in [-0.15, -0.1) is 0 Å². The number of piperidine rings is 1. The van der Waals surface area contributed by atoms with Crippen LogP contribution in [0.2, 0.25) is 0 Å². The molecule has 0 unspecified atom stereocenters. The predicted molar refractivity (Wildman–Crippen MR) is 97.3 cm³/mol. The molecule has 2 saturated heterocycles. The zero-order valence-electron chi connectivity index (χ0n) is 15.1. The average Bonchev–Trinajstić information content (AvgIpc) is 2.61. The lowest BCUT2D eigenvalue weighted by Crippen LogP contribution is -2.49. The van der Waals surface area contributed by atoms with Gasteiger partial charge in [-0.1, -0.05) is 6.42 Å². The molecule has 132 valence electrons. The number of carbonyl (C=O) groups excluding carboxylic acids is 1. The number of anilines is 1. The molecule has 0 N–H and O–H groups in total. The van der Waals surface area contributed by atoms with Crippen LogP contribution in [-0.4, -0.2) is 66.5 Å². The summed E-state index contributed by atoms with van der Waals surface area (Å²) in [4.78, 5) is 23.6. The van der Waals surface area contributed by atoms with Crippen molar-refractivity contribution in [3.05, 3.63) is 24.0 Å². The van der Waals surface area contributed by atoms with Gasteiger partial charge in [0.25, 0.3) is 0 Å². The van der Waals surface area contributed by atoms with Gasteiger partial charge < -0.3 is 14.7 Å². The van der Waals surface area contributed by atoms with E-state index in [1.165, 1.54) is 31.5 Å². The van der Waals surface area contributed by atoms with Crippen LogP contribution in [0.25, 0.3) is 0 Å². The van der Waals surface area contributed by atoms with Gasteiger partial charge >= 0.3 is 0 Å². The van der Waals surface area contributed by atoms with E-state index in [0.29, 0.717) is 18.4 Å². The van der Waals surface area contributed by atoms with Gasteiger partial charge in [0.1, 0.15) is 0 Å². The number of amides is 1. The number of hydrogen-bond donors (Lipinski definition) is 0. The SMILES string of the molecule is Cc1cc(N2CCN(C(=O)CC[C@@H]3CCCCN3C)CC2)ccn1. The quantitative estimate of drug-likeness (QED) is 0.849. The van der Waals surface area contributed by atoms with Crippen molar-refractivity contribution in [1.82, 2.24) is 14.8 Å². The summed E-state index contributed by atoms with van der Waals surface area (Å²) in [6.45, 7) is 6.70. The molecule has 5 nitrogen and oxygen atoms in total. The first-order valence-electron chi connectivity index (χ1n) is 9.29. The topological polar surface area (TPSA) is 39.7 Å². The third kappa shape index (κ3) is 4.26. The normalized spacial score (nSPS) is 22.7. The molecule has 1 atom stereocenters. The Morgan fingerprint density at radius 2 is 2.00 bits per heavy atom. The minimum absolute atomic E-state index is 0.333. The molecule has 2 aliphatic rings. The highest BCUT2D eigenvalue weighted by atomic mass is 16.2. The van der Waals surface area contributed by atoms with Crippen molar-refractivity contribution in [3.63, 3.8) is 0 Å². The number of aryl methyl sites for hydroxylation is 1. The van der Waals surface area contributed by atoms with Crippen LogP contribution in [0.15, 0.2) is 18.3 Å². The fourth-order valence-electron chi connectivity index (χ4n) is 3.90. The first-order chi connectivity index (χ1) is 11.6. The van der Waals surface area contributed by atoms with Crippen LogP contribution in [0.5, 0.6) is 0 Å². The van der Waals surface area contributed by atoms with Gasteiger partial charge in [-0.2, -0.15) is 0 Å². The molecule has 1 aromatic rings. The second-order valence-electron chi connectivity index (χ2n) is 7.19. The van der Waals surface area contributed by atoms with E-state index in [2.05, 4.69) is 34.0 Å². The molecule has 0 spiro atoms. The highest BCUT2D eigenvalue weighted by molar-refractivity contribution is 5.76. The Morgan fingerprint density at radius 1 is 1.21 bits per heavy atom. The van der Waals surface area contributed by atoms with Crippen molar-refractivity contribution in [2.75, 3.05) is 44.7 Å². The molecule has 0 saturated carbocycles.